The molecule has 2 heterocycles. The molecule has 0 amide bonds. The summed E-state index contributed by atoms with van der Waals surface area (Å²) < 4.78 is 7.76. The van der Waals surface area contributed by atoms with Crippen LogP contribution in [0.1, 0.15) is 0 Å². The molecule has 0 unspecified atom stereocenters. The molecule has 5 rings (SSSR count). The Morgan fingerprint density at radius 2 is 1.43 bits per heavy atom. The minimum absolute atomic E-state index is 0.113. The maximum atomic E-state index is 13.6. The Morgan fingerprint density at radius 1 is 0.833 bits per heavy atom. The number of phenolic OH excluding ortho intramolecular Hbond substituents is 1. The number of benzene rings is 3. The normalized spacial score (nSPS) is 11.1. The van der Waals surface area contributed by atoms with Gasteiger partial charge in [-0.1, -0.05) is 60.7 Å². The smallest absolute Gasteiger partial charge is 0.270 e. The molecule has 5 nitrogen and oxygen atoms in total. The molecule has 0 radical (unpaired) electrons. The first-order valence-corrected chi connectivity index (χ1v) is 9.76. The Kier molecular flexibility index (Phi) is 4.34. The molecule has 30 heavy (non-hydrogen) atoms. The van der Waals surface area contributed by atoms with Crippen LogP contribution in [0.5, 0.6) is 5.75 Å². The van der Waals surface area contributed by atoms with Crippen molar-refractivity contribution in [1.82, 2.24) is 9.55 Å². The molecule has 0 saturated carbocycles. The number of rotatable bonds is 3. The molecule has 0 aliphatic carbocycles. The summed E-state index contributed by atoms with van der Waals surface area (Å²) in [5.74, 6) is 0.713. The van der Waals surface area contributed by atoms with Crippen LogP contribution in [0.15, 0.2) is 94.1 Å². The number of nitrogens with one attached hydrogen (secondary N) is 1. The van der Waals surface area contributed by atoms with Gasteiger partial charge in [0.25, 0.3) is 5.56 Å². The highest BCUT2D eigenvalue weighted by molar-refractivity contribution is 7.71. The van der Waals surface area contributed by atoms with E-state index in [1.807, 2.05) is 60.7 Å². The third kappa shape index (κ3) is 2.94. The van der Waals surface area contributed by atoms with Gasteiger partial charge >= 0.3 is 0 Å². The second kappa shape index (κ2) is 7.17. The number of fused-ring (bicyclic) bond motifs is 1. The van der Waals surface area contributed by atoms with E-state index in [9.17, 15) is 9.90 Å². The molecule has 6 heteroatoms. The first-order chi connectivity index (χ1) is 14.6. The summed E-state index contributed by atoms with van der Waals surface area (Å²) in [6, 6.07) is 25.7. The SMILES string of the molecule is O=c1c2c(-c3ccccc3)c(-c3ccccc3)oc2[nH]c(=S)n1-c1ccc(O)cc1. The summed E-state index contributed by atoms with van der Waals surface area (Å²) in [5, 5.41) is 10.0. The van der Waals surface area contributed by atoms with E-state index in [1.165, 1.54) is 16.7 Å². The number of phenols is 1. The van der Waals surface area contributed by atoms with E-state index in [1.54, 1.807) is 12.1 Å². The number of furan rings is 1. The first kappa shape index (κ1) is 18.1. The lowest BCUT2D eigenvalue weighted by Crippen LogP contribution is -2.20. The highest BCUT2D eigenvalue weighted by atomic mass is 32.1. The standard InChI is InChI=1S/C24H16N2O3S/c27-18-13-11-17(12-14-18)26-23(28)20-19(15-7-3-1-4-8-15)21(16-9-5-2-6-10-16)29-22(20)25-24(26)30/h1-14,27H,(H,25,30). The molecule has 0 aliphatic rings. The Labute approximate surface area is 176 Å². The van der Waals surface area contributed by atoms with Crippen LogP contribution in [-0.4, -0.2) is 14.7 Å². The number of hydrogen-bond donors (Lipinski definition) is 2. The lowest BCUT2D eigenvalue weighted by atomic mass is 10.00. The average molecular weight is 412 g/mol. The van der Waals surface area contributed by atoms with Crippen LogP contribution in [0, 0.1) is 4.77 Å². The highest BCUT2D eigenvalue weighted by Crippen LogP contribution is 2.38. The van der Waals surface area contributed by atoms with Crippen molar-refractivity contribution in [1.29, 1.82) is 0 Å². The van der Waals surface area contributed by atoms with Crippen LogP contribution in [0.4, 0.5) is 0 Å². The zero-order chi connectivity index (χ0) is 20.7. The van der Waals surface area contributed by atoms with Crippen LogP contribution in [-0.2, 0) is 0 Å². The van der Waals surface area contributed by atoms with Gasteiger partial charge in [-0.3, -0.25) is 9.36 Å². The molecule has 0 spiro atoms. The van der Waals surface area contributed by atoms with Crippen molar-refractivity contribution in [3.05, 3.63) is 100 Å². The van der Waals surface area contributed by atoms with Gasteiger partial charge in [-0.25, -0.2) is 0 Å². The molecule has 5 aromatic rings. The van der Waals surface area contributed by atoms with Crippen LogP contribution >= 0.6 is 12.2 Å². The monoisotopic (exact) mass is 412 g/mol. The van der Waals surface area contributed by atoms with Gasteiger partial charge in [0.1, 0.15) is 16.9 Å². The Bertz CT molecular complexity index is 1470. The fourth-order valence-electron chi connectivity index (χ4n) is 3.59. The van der Waals surface area contributed by atoms with Crippen molar-refractivity contribution in [2.45, 2.75) is 0 Å². The number of aromatic nitrogens is 2. The number of nitrogens with zero attached hydrogens (tertiary/aromatic N) is 1. The molecule has 0 bridgehead atoms. The van der Waals surface area contributed by atoms with Crippen LogP contribution < -0.4 is 5.56 Å². The zero-order valence-corrected chi connectivity index (χ0v) is 16.5. The van der Waals surface area contributed by atoms with Crippen LogP contribution in [0.3, 0.4) is 0 Å². The fourth-order valence-corrected chi connectivity index (χ4v) is 3.87. The molecular weight excluding hydrogens is 396 g/mol. The minimum Gasteiger partial charge on any atom is -0.508 e. The molecular formula is C24H16N2O3S. The fraction of sp³-hybridized carbons (Fsp3) is 0. The molecule has 2 N–H and O–H groups in total. The number of aromatic hydroxyl groups is 1. The summed E-state index contributed by atoms with van der Waals surface area (Å²) in [6.45, 7) is 0. The summed E-state index contributed by atoms with van der Waals surface area (Å²) >= 11 is 5.45. The van der Waals surface area contributed by atoms with E-state index in [-0.39, 0.29) is 16.1 Å². The van der Waals surface area contributed by atoms with Gasteiger partial charge in [-0.05, 0) is 42.0 Å². The maximum absolute atomic E-state index is 13.6. The largest absolute Gasteiger partial charge is 0.508 e. The van der Waals surface area contributed by atoms with Crippen molar-refractivity contribution >= 4 is 23.3 Å². The van der Waals surface area contributed by atoms with E-state index in [4.69, 9.17) is 16.6 Å². The van der Waals surface area contributed by atoms with Gasteiger partial charge in [0.05, 0.1) is 5.69 Å². The van der Waals surface area contributed by atoms with Crippen molar-refractivity contribution in [2.24, 2.45) is 0 Å². The third-order valence-electron chi connectivity index (χ3n) is 4.96. The van der Waals surface area contributed by atoms with E-state index in [0.717, 1.165) is 11.1 Å². The zero-order valence-electron chi connectivity index (χ0n) is 15.7. The lowest BCUT2D eigenvalue weighted by molar-refractivity contribution is 0.475. The number of H-pyrrole nitrogens is 1. The molecule has 0 saturated heterocycles. The molecule has 3 aromatic carbocycles. The molecule has 0 aliphatic heterocycles. The number of aromatic amines is 1. The van der Waals surface area contributed by atoms with Crippen molar-refractivity contribution in [3.63, 3.8) is 0 Å². The Morgan fingerprint density at radius 3 is 2.07 bits per heavy atom. The second-order valence-electron chi connectivity index (χ2n) is 6.83. The summed E-state index contributed by atoms with van der Waals surface area (Å²) in [7, 11) is 0. The summed E-state index contributed by atoms with van der Waals surface area (Å²) in [6.07, 6.45) is 0. The third-order valence-corrected chi connectivity index (χ3v) is 5.24. The van der Waals surface area contributed by atoms with Gasteiger partial charge in [-0.15, -0.1) is 0 Å². The van der Waals surface area contributed by atoms with Crippen molar-refractivity contribution in [2.75, 3.05) is 0 Å². The van der Waals surface area contributed by atoms with Gasteiger partial charge in [0.15, 0.2) is 4.77 Å². The predicted molar refractivity (Wildman–Crippen MR) is 120 cm³/mol. The quantitative estimate of drug-likeness (QED) is 0.374. The Hall–Kier alpha value is -3.90. The second-order valence-corrected chi connectivity index (χ2v) is 7.22. The molecule has 0 atom stereocenters. The molecule has 0 fully saturated rings. The number of hydrogen-bond acceptors (Lipinski definition) is 4. The minimum atomic E-state index is -0.288. The van der Waals surface area contributed by atoms with Crippen molar-refractivity contribution < 1.29 is 9.52 Å². The first-order valence-electron chi connectivity index (χ1n) is 9.35. The molecule has 2 aromatic heterocycles. The van der Waals surface area contributed by atoms with Crippen LogP contribution in [0.25, 0.3) is 39.2 Å². The summed E-state index contributed by atoms with van der Waals surface area (Å²) in [4.78, 5) is 16.7. The average Bonchev–Trinajstić information content (AvgIpc) is 3.16. The van der Waals surface area contributed by atoms with E-state index >= 15 is 0 Å². The van der Waals surface area contributed by atoms with Gasteiger partial charge in [-0.2, -0.15) is 0 Å². The topological polar surface area (TPSA) is 71.2 Å². The van der Waals surface area contributed by atoms with E-state index in [0.29, 0.717) is 28.1 Å². The predicted octanol–water partition coefficient (Wildman–Crippen LogP) is 5.68. The summed E-state index contributed by atoms with van der Waals surface area (Å²) in [5.41, 5.74) is 3.04. The maximum Gasteiger partial charge on any atom is 0.270 e. The highest BCUT2D eigenvalue weighted by Gasteiger charge is 2.22. The molecule has 146 valence electrons. The van der Waals surface area contributed by atoms with Crippen molar-refractivity contribution in [3.8, 4) is 33.9 Å². The van der Waals surface area contributed by atoms with Gasteiger partial charge in [0.2, 0.25) is 5.71 Å². The Balaban J connectivity index is 1.90. The van der Waals surface area contributed by atoms with Gasteiger partial charge < -0.3 is 14.5 Å². The van der Waals surface area contributed by atoms with E-state index in [2.05, 4.69) is 4.98 Å². The van der Waals surface area contributed by atoms with Crippen LogP contribution in [0.2, 0.25) is 0 Å². The van der Waals surface area contributed by atoms with E-state index < -0.39 is 0 Å². The van der Waals surface area contributed by atoms with Gasteiger partial charge in [0, 0.05) is 11.1 Å². The lowest BCUT2D eigenvalue weighted by Gasteiger charge is -2.07.